The van der Waals surface area contributed by atoms with E-state index in [2.05, 4.69) is 49.4 Å². The quantitative estimate of drug-likeness (QED) is 0.746. The smallest absolute Gasteiger partial charge is 0.0113 e. The van der Waals surface area contributed by atoms with E-state index < -0.39 is 0 Å². The summed E-state index contributed by atoms with van der Waals surface area (Å²) in [6.07, 6.45) is 5.64. The summed E-state index contributed by atoms with van der Waals surface area (Å²) in [5.41, 5.74) is 0. The van der Waals surface area contributed by atoms with Crippen molar-refractivity contribution in [1.82, 2.24) is 14.7 Å². The molecular formula is C19H39N3. The van der Waals surface area contributed by atoms with Crippen LogP contribution in [0.3, 0.4) is 0 Å². The number of likely N-dealkylation sites (N-methyl/N-ethyl adjacent to an activating group) is 1. The monoisotopic (exact) mass is 309 g/mol. The number of nitrogens with zero attached hydrogens (tertiary/aromatic N) is 3. The van der Waals surface area contributed by atoms with Crippen molar-refractivity contribution in [1.29, 1.82) is 0 Å². The van der Waals surface area contributed by atoms with Gasteiger partial charge in [0.15, 0.2) is 0 Å². The zero-order chi connectivity index (χ0) is 16.1. The molecule has 3 heteroatoms. The van der Waals surface area contributed by atoms with Gasteiger partial charge in [-0.2, -0.15) is 0 Å². The van der Waals surface area contributed by atoms with Crippen LogP contribution in [0, 0.1) is 11.8 Å². The van der Waals surface area contributed by atoms with E-state index in [1.165, 1.54) is 65.0 Å². The van der Waals surface area contributed by atoms with Gasteiger partial charge in [-0.1, -0.05) is 6.92 Å². The number of likely N-dealkylation sites (tertiary alicyclic amines) is 1. The normalized spacial score (nSPS) is 26.5. The first kappa shape index (κ1) is 18.2. The molecule has 2 rings (SSSR count). The van der Waals surface area contributed by atoms with E-state index in [9.17, 15) is 0 Å². The third-order valence-electron chi connectivity index (χ3n) is 6.31. The largest absolute Gasteiger partial charge is 0.304 e. The van der Waals surface area contributed by atoms with Crippen molar-refractivity contribution in [3.8, 4) is 0 Å². The predicted molar refractivity (Wildman–Crippen MR) is 96.4 cm³/mol. The van der Waals surface area contributed by atoms with Crippen molar-refractivity contribution in [2.45, 2.75) is 65.5 Å². The maximum absolute atomic E-state index is 2.70. The SMILES string of the molecule is CC(CCC(C)N1CCN(C)CC1)C1CCN(C(C)C)CC1. The first-order valence-corrected chi connectivity index (χ1v) is 9.64. The standard InChI is InChI=1S/C19H39N3/c1-16(2)21-10-8-19(9-11-21)17(3)6-7-18(4)22-14-12-20(5)13-15-22/h16-19H,6-15H2,1-5H3. The van der Waals surface area contributed by atoms with Gasteiger partial charge in [0.25, 0.3) is 0 Å². The molecule has 0 bridgehead atoms. The van der Waals surface area contributed by atoms with E-state index in [0.717, 1.165) is 23.9 Å². The van der Waals surface area contributed by atoms with E-state index >= 15 is 0 Å². The molecular weight excluding hydrogens is 270 g/mol. The summed E-state index contributed by atoms with van der Waals surface area (Å²) in [5.74, 6) is 1.87. The lowest BCUT2D eigenvalue weighted by Gasteiger charge is -2.39. The molecule has 0 saturated carbocycles. The van der Waals surface area contributed by atoms with Crippen molar-refractivity contribution >= 4 is 0 Å². The molecule has 130 valence electrons. The Bertz CT molecular complexity index is 302. The van der Waals surface area contributed by atoms with Crippen molar-refractivity contribution < 1.29 is 0 Å². The van der Waals surface area contributed by atoms with Crippen LogP contribution >= 0.6 is 0 Å². The minimum Gasteiger partial charge on any atom is -0.304 e. The first-order valence-electron chi connectivity index (χ1n) is 9.64. The Morgan fingerprint density at radius 3 is 1.91 bits per heavy atom. The van der Waals surface area contributed by atoms with Crippen LogP contribution in [0.4, 0.5) is 0 Å². The molecule has 0 aromatic carbocycles. The second-order valence-corrected chi connectivity index (χ2v) is 8.21. The predicted octanol–water partition coefficient (Wildman–Crippen LogP) is 3.16. The summed E-state index contributed by atoms with van der Waals surface area (Å²) < 4.78 is 0. The van der Waals surface area contributed by atoms with Gasteiger partial charge in [-0.25, -0.2) is 0 Å². The average molecular weight is 310 g/mol. The van der Waals surface area contributed by atoms with E-state index in [0.29, 0.717) is 0 Å². The second kappa shape index (κ2) is 8.65. The highest BCUT2D eigenvalue weighted by Crippen LogP contribution is 2.29. The van der Waals surface area contributed by atoms with E-state index in [1.54, 1.807) is 0 Å². The summed E-state index contributed by atoms with van der Waals surface area (Å²) in [6.45, 7) is 17.3. The summed E-state index contributed by atoms with van der Waals surface area (Å²) in [4.78, 5) is 7.80. The molecule has 2 fully saturated rings. The topological polar surface area (TPSA) is 9.72 Å². The van der Waals surface area contributed by atoms with Gasteiger partial charge < -0.3 is 9.80 Å². The van der Waals surface area contributed by atoms with Crippen LogP contribution < -0.4 is 0 Å². The highest BCUT2D eigenvalue weighted by Gasteiger charge is 2.26. The molecule has 3 nitrogen and oxygen atoms in total. The molecule has 2 aliphatic heterocycles. The van der Waals surface area contributed by atoms with Gasteiger partial charge in [-0.15, -0.1) is 0 Å². The van der Waals surface area contributed by atoms with Gasteiger partial charge in [0.1, 0.15) is 0 Å². The van der Waals surface area contributed by atoms with Gasteiger partial charge in [0.05, 0.1) is 0 Å². The molecule has 0 spiro atoms. The van der Waals surface area contributed by atoms with Crippen LogP contribution in [0.15, 0.2) is 0 Å². The third-order valence-corrected chi connectivity index (χ3v) is 6.31. The molecule has 0 amide bonds. The molecule has 2 atom stereocenters. The molecule has 0 aliphatic carbocycles. The van der Waals surface area contributed by atoms with E-state index in [1.807, 2.05) is 0 Å². The highest BCUT2D eigenvalue weighted by atomic mass is 15.3. The zero-order valence-electron chi connectivity index (χ0n) is 15.7. The molecule has 0 aromatic heterocycles. The van der Waals surface area contributed by atoms with Crippen molar-refractivity contribution in [2.24, 2.45) is 11.8 Å². The summed E-state index contributed by atoms with van der Waals surface area (Å²) in [7, 11) is 2.24. The maximum Gasteiger partial charge on any atom is 0.0113 e. The lowest BCUT2D eigenvalue weighted by Crippen LogP contribution is -2.48. The lowest BCUT2D eigenvalue weighted by molar-refractivity contribution is 0.0985. The summed E-state index contributed by atoms with van der Waals surface area (Å²) in [5, 5.41) is 0. The fraction of sp³-hybridized carbons (Fsp3) is 1.00. The Kier molecular flexibility index (Phi) is 7.17. The maximum atomic E-state index is 2.70. The molecule has 0 N–H and O–H groups in total. The molecule has 0 radical (unpaired) electrons. The Hall–Kier alpha value is -0.120. The first-order chi connectivity index (χ1) is 10.5. The fourth-order valence-electron chi connectivity index (χ4n) is 4.19. The number of piperazine rings is 1. The molecule has 0 aromatic rings. The second-order valence-electron chi connectivity index (χ2n) is 8.21. The molecule has 2 unspecified atom stereocenters. The van der Waals surface area contributed by atoms with Gasteiger partial charge in [0, 0.05) is 38.3 Å². The van der Waals surface area contributed by atoms with Gasteiger partial charge in [-0.05, 0) is 78.4 Å². The van der Waals surface area contributed by atoms with Gasteiger partial charge >= 0.3 is 0 Å². The fourth-order valence-corrected chi connectivity index (χ4v) is 4.19. The van der Waals surface area contributed by atoms with E-state index in [4.69, 9.17) is 0 Å². The molecule has 2 heterocycles. The van der Waals surface area contributed by atoms with E-state index in [-0.39, 0.29) is 0 Å². The van der Waals surface area contributed by atoms with Crippen LogP contribution in [-0.4, -0.2) is 73.1 Å². The lowest BCUT2D eigenvalue weighted by atomic mass is 9.82. The average Bonchev–Trinajstić information content (AvgIpc) is 2.53. The van der Waals surface area contributed by atoms with Crippen molar-refractivity contribution in [2.75, 3.05) is 46.3 Å². The van der Waals surface area contributed by atoms with Crippen molar-refractivity contribution in [3.05, 3.63) is 0 Å². The zero-order valence-corrected chi connectivity index (χ0v) is 15.7. The minimum absolute atomic E-state index is 0.730. The van der Waals surface area contributed by atoms with Gasteiger partial charge in [-0.3, -0.25) is 4.90 Å². The third kappa shape index (κ3) is 5.21. The molecule has 2 saturated heterocycles. The summed E-state index contributed by atoms with van der Waals surface area (Å²) >= 11 is 0. The molecule has 22 heavy (non-hydrogen) atoms. The van der Waals surface area contributed by atoms with Crippen LogP contribution in [0.25, 0.3) is 0 Å². The highest BCUT2D eigenvalue weighted by molar-refractivity contribution is 4.80. The Morgan fingerprint density at radius 2 is 1.36 bits per heavy atom. The number of piperidine rings is 1. The number of hydrogen-bond acceptors (Lipinski definition) is 3. The Balaban J connectivity index is 1.66. The molecule has 2 aliphatic rings. The number of rotatable bonds is 6. The summed E-state index contributed by atoms with van der Waals surface area (Å²) in [6, 6.07) is 1.50. The van der Waals surface area contributed by atoms with Crippen LogP contribution in [0.5, 0.6) is 0 Å². The Morgan fingerprint density at radius 1 is 0.773 bits per heavy atom. The van der Waals surface area contributed by atoms with Crippen LogP contribution in [0.2, 0.25) is 0 Å². The number of hydrogen-bond donors (Lipinski definition) is 0. The van der Waals surface area contributed by atoms with Crippen LogP contribution in [-0.2, 0) is 0 Å². The van der Waals surface area contributed by atoms with Gasteiger partial charge in [0.2, 0.25) is 0 Å². The van der Waals surface area contributed by atoms with Crippen LogP contribution in [0.1, 0.15) is 53.4 Å². The minimum atomic E-state index is 0.730. The van der Waals surface area contributed by atoms with Crippen molar-refractivity contribution in [3.63, 3.8) is 0 Å². The Labute approximate surface area is 139 Å².